The monoisotopic (exact) mass is 362 g/mol. The molecule has 3 rings (SSSR count). The molecule has 1 amide bonds. The van der Waals surface area contributed by atoms with E-state index in [1.165, 1.54) is 12.1 Å². The summed E-state index contributed by atoms with van der Waals surface area (Å²) in [5.74, 6) is 0.340. The first kappa shape index (κ1) is 18.6. The largest absolute Gasteiger partial charge is 0.455 e. The van der Waals surface area contributed by atoms with E-state index in [1.807, 2.05) is 6.07 Å². The summed E-state index contributed by atoms with van der Waals surface area (Å²) in [5.41, 5.74) is 0.574. The van der Waals surface area contributed by atoms with E-state index in [0.29, 0.717) is 30.2 Å². The van der Waals surface area contributed by atoms with Crippen LogP contribution in [-0.2, 0) is 13.0 Å². The van der Waals surface area contributed by atoms with Crippen molar-refractivity contribution in [3.63, 3.8) is 0 Å². The van der Waals surface area contributed by atoms with Gasteiger partial charge >= 0.3 is 0 Å². The van der Waals surface area contributed by atoms with Crippen LogP contribution >= 0.6 is 0 Å². The topological polar surface area (TPSA) is 45.5 Å². The quantitative estimate of drug-likeness (QED) is 0.851. The fourth-order valence-electron chi connectivity index (χ4n) is 3.54. The van der Waals surface area contributed by atoms with Gasteiger partial charge in [0.05, 0.1) is 6.54 Å². The Bertz CT molecular complexity index is 760. The molecule has 1 aliphatic rings. The van der Waals surface area contributed by atoms with Gasteiger partial charge in [-0.25, -0.2) is 8.78 Å². The SMILES string of the molecule is CNC(=O)c1ccc(CN2CCCC(CCc3ccc(F)cc3F)C2)o1. The van der Waals surface area contributed by atoms with Gasteiger partial charge < -0.3 is 9.73 Å². The van der Waals surface area contributed by atoms with Crippen LogP contribution in [0.5, 0.6) is 0 Å². The Kier molecular flexibility index (Phi) is 6.04. The van der Waals surface area contributed by atoms with E-state index in [-0.39, 0.29) is 5.91 Å². The number of aryl methyl sites for hydroxylation is 1. The van der Waals surface area contributed by atoms with Crippen molar-refractivity contribution in [3.8, 4) is 0 Å². The molecule has 1 fully saturated rings. The second kappa shape index (κ2) is 8.45. The highest BCUT2D eigenvalue weighted by Gasteiger charge is 2.21. The first-order valence-electron chi connectivity index (χ1n) is 9.02. The Hall–Kier alpha value is -2.21. The third-order valence-corrected chi connectivity index (χ3v) is 4.93. The van der Waals surface area contributed by atoms with E-state index < -0.39 is 11.6 Å². The predicted molar refractivity (Wildman–Crippen MR) is 94.8 cm³/mol. The van der Waals surface area contributed by atoms with Crippen LogP contribution < -0.4 is 5.32 Å². The average Bonchev–Trinajstić information content (AvgIpc) is 3.09. The molecular weight excluding hydrogens is 338 g/mol. The number of amides is 1. The molecule has 1 aliphatic heterocycles. The number of hydrogen-bond donors (Lipinski definition) is 1. The molecule has 2 aromatic rings. The molecule has 1 unspecified atom stereocenters. The van der Waals surface area contributed by atoms with E-state index >= 15 is 0 Å². The molecule has 2 heterocycles. The molecule has 140 valence electrons. The summed E-state index contributed by atoms with van der Waals surface area (Å²) in [6, 6.07) is 7.32. The second-order valence-electron chi connectivity index (χ2n) is 6.86. The van der Waals surface area contributed by atoms with Crippen molar-refractivity contribution in [2.75, 3.05) is 20.1 Å². The smallest absolute Gasteiger partial charge is 0.286 e. The lowest BCUT2D eigenvalue weighted by Crippen LogP contribution is -2.35. The van der Waals surface area contributed by atoms with Crippen molar-refractivity contribution in [2.24, 2.45) is 5.92 Å². The molecular formula is C20H24F2N2O2. The highest BCUT2D eigenvalue weighted by molar-refractivity contribution is 5.91. The molecule has 1 atom stereocenters. The fraction of sp³-hybridized carbons (Fsp3) is 0.450. The number of piperidine rings is 1. The number of furan rings is 1. The first-order chi connectivity index (χ1) is 12.5. The maximum absolute atomic E-state index is 13.8. The standard InChI is InChI=1S/C20H24F2N2O2/c1-23-20(25)19-9-8-17(26-19)13-24-10-2-3-14(12-24)4-5-15-6-7-16(21)11-18(15)22/h6-9,11,14H,2-5,10,12-13H2,1H3,(H,23,25). The molecule has 0 saturated carbocycles. The summed E-state index contributed by atoms with van der Waals surface area (Å²) < 4.78 is 32.4. The van der Waals surface area contributed by atoms with Crippen molar-refractivity contribution in [1.29, 1.82) is 0 Å². The second-order valence-corrected chi connectivity index (χ2v) is 6.86. The van der Waals surface area contributed by atoms with E-state index in [2.05, 4.69) is 10.2 Å². The molecule has 26 heavy (non-hydrogen) atoms. The lowest BCUT2D eigenvalue weighted by molar-refractivity contribution is 0.0929. The van der Waals surface area contributed by atoms with Crippen LogP contribution in [0.4, 0.5) is 8.78 Å². The lowest BCUT2D eigenvalue weighted by Gasteiger charge is -2.32. The number of hydrogen-bond acceptors (Lipinski definition) is 3. The van der Waals surface area contributed by atoms with E-state index in [9.17, 15) is 13.6 Å². The summed E-state index contributed by atoms with van der Waals surface area (Å²) in [6.07, 6.45) is 3.69. The summed E-state index contributed by atoms with van der Waals surface area (Å²) in [7, 11) is 1.57. The molecule has 1 N–H and O–H groups in total. The number of nitrogens with one attached hydrogen (secondary N) is 1. The van der Waals surface area contributed by atoms with Crippen molar-refractivity contribution in [3.05, 3.63) is 59.1 Å². The minimum Gasteiger partial charge on any atom is -0.455 e. The molecule has 0 spiro atoms. The van der Waals surface area contributed by atoms with Crippen LogP contribution in [-0.4, -0.2) is 30.9 Å². The van der Waals surface area contributed by atoms with E-state index in [4.69, 9.17) is 4.42 Å². The van der Waals surface area contributed by atoms with Gasteiger partial charge in [-0.1, -0.05) is 6.07 Å². The summed E-state index contributed by atoms with van der Waals surface area (Å²) in [6.45, 7) is 2.56. The zero-order valence-corrected chi connectivity index (χ0v) is 14.9. The number of carbonyl (C=O) groups is 1. The summed E-state index contributed by atoms with van der Waals surface area (Å²) >= 11 is 0. The number of halogens is 2. The number of nitrogens with zero attached hydrogens (tertiary/aromatic N) is 1. The van der Waals surface area contributed by atoms with E-state index in [1.54, 1.807) is 13.1 Å². The van der Waals surface area contributed by atoms with Crippen LogP contribution in [0.2, 0.25) is 0 Å². The molecule has 1 aromatic heterocycles. The summed E-state index contributed by atoms with van der Waals surface area (Å²) in [5, 5.41) is 2.55. The van der Waals surface area contributed by atoms with Gasteiger partial charge in [0.1, 0.15) is 17.4 Å². The predicted octanol–water partition coefficient (Wildman–Crippen LogP) is 3.76. The van der Waals surface area contributed by atoms with Crippen LogP contribution in [0, 0.1) is 17.6 Å². The molecule has 0 aliphatic carbocycles. The minimum atomic E-state index is -0.537. The minimum absolute atomic E-state index is 0.228. The van der Waals surface area contributed by atoms with Crippen molar-refractivity contribution >= 4 is 5.91 Å². The summed E-state index contributed by atoms with van der Waals surface area (Å²) in [4.78, 5) is 13.9. The average molecular weight is 362 g/mol. The van der Waals surface area contributed by atoms with Crippen molar-refractivity contribution < 1.29 is 18.0 Å². The van der Waals surface area contributed by atoms with Crippen LogP contribution in [0.3, 0.4) is 0 Å². The molecule has 1 saturated heterocycles. The fourth-order valence-corrected chi connectivity index (χ4v) is 3.54. The molecule has 1 aromatic carbocycles. The Morgan fingerprint density at radius 1 is 1.31 bits per heavy atom. The van der Waals surface area contributed by atoms with Gasteiger partial charge in [-0.05, 0) is 61.9 Å². The number of likely N-dealkylation sites (tertiary alicyclic amines) is 1. The number of benzene rings is 1. The highest BCUT2D eigenvalue weighted by Crippen LogP contribution is 2.24. The van der Waals surface area contributed by atoms with Gasteiger partial charge in [-0.15, -0.1) is 0 Å². The molecule has 4 nitrogen and oxygen atoms in total. The lowest BCUT2D eigenvalue weighted by atomic mass is 9.91. The number of rotatable bonds is 6. The Morgan fingerprint density at radius 2 is 2.15 bits per heavy atom. The van der Waals surface area contributed by atoms with Crippen LogP contribution in [0.25, 0.3) is 0 Å². The van der Waals surface area contributed by atoms with Crippen molar-refractivity contribution in [1.82, 2.24) is 10.2 Å². The van der Waals surface area contributed by atoms with E-state index in [0.717, 1.165) is 44.2 Å². The third-order valence-electron chi connectivity index (χ3n) is 4.93. The van der Waals surface area contributed by atoms with Gasteiger partial charge in [-0.3, -0.25) is 9.69 Å². The first-order valence-corrected chi connectivity index (χ1v) is 9.02. The molecule has 0 radical (unpaired) electrons. The van der Waals surface area contributed by atoms with Crippen LogP contribution in [0.15, 0.2) is 34.7 Å². The van der Waals surface area contributed by atoms with Gasteiger partial charge in [0.2, 0.25) is 0 Å². The zero-order valence-electron chi connectivity index (χ0n) is 14.9. The third kappa shape index (κ3) is 4.69. The van der Waals surface area contributed by atoms with Gasteiger partial charge in [0.25, 0.3) is 5.91 Å². The zero-order chi connectivity index (χ0) is 18.5. The van der Waals surface area contributed by atoms with Gasteiger partial charge in [-0.2, -0.15) is 0 Å². The van der Waals surface area contributed by atoms with Crippen molar-refractivity contribution in [2.45, 2.75) is 32.2 Å². The van der Waals surface area contributed by atoms with Gasteiger partial charge in [0, 0.05) is 19.7 Å². The maximum atomic E-state index is 13.8. The Labute approximate surface area is 152 Å². The highest BCUT2D eigenvalue weighted by atomic mass is 19.1. The Morgan fingerprint density at radius 3 is 2.92 bits per heavy atom. The van der Waals surface area contributed by atoms with Gasteiger partial charge in [0.15, 0.2) is 5.76 Å². The Balaban J connectivity index is 1.52. The maximum Gasteiger partial charge on any atom is 0.286 e. The normalized spacial score (nSPS) is 18.0. The number of carbonyl (C=O) groups excluding carboxylic acids is 1. The van der Waals surface area contributed by atoms with Crippen LogP contribution in [0.1, 0.15) is 41.1 Å². The molecule has 0 bridgehead atoms. The molecule has 6 heteroatoms.